The van der Waals surface area contributed by atoms with Crippen LogP contribution in [0.15, 0.2) is 41.2 Å². The second kappa shape index (κ2) is 7.49. The molecule has 0 fully saturated rings. The summed E-state index contributed by atoms with van der Waals surface area (Å²) in [6.07, 6.45) is 0. The second-order valence-corrected chi connectivity index (χ2v) is 5.03. The molecule has 24 heavy (non-hydrogen) atoms. The Morgan fingerprint density at radius 2 is 1.92 bits per heavy atom. The van der Waals surface area contributed by atoms with Gasteiger partial charge in [0.05, 0.1) is 12.8 Å². The monoisotopic (exact) mass is 333 g/mol. The summed E-state index contributed by atoms with van der Waals surface area (Å²) >= 11 is 0. The van der Waals surface area contributed by atoms with Crippen molar-refractivity contribution >= 4 is 11.9 Å². The number of aromatic nitrogens is 2. The average Bonchev–Trinajstić information content (AvgIpc) is 2.56. The molecular weight excluding hydrogens is 317 g/mol. The van der Waals surface area contributed by atoms with E-state index in [-0.39, 0.29) is 12.4 Å². The third kappa shape index (κ3) is 4.25. The number of nitrogens with one attached hydrogen (secondary N) is 1. The van der Waals surface area contributed by atoms with Crippen LogP contribution >= 0.6 is 0 Å². The van der Waals surface area contributed by atoms with Crippen molar-refractivity contribution < 1.29 is 18.7 Å². The summed E-state index contributed by atoms with van der Waals surface area (Å²) in [5, 5.41) is 6.50. The Labute approximate surface area is 137 Å². The lowest BCUT2D eigenvalue weighted by atomic mass is 10.1. The van der Waals surface area contributed by atoms with Crippen LogP contribution in [0.2, 0.25) is 0 Å². The number of rotatable bonds is 5. The molecule has 2 aromatic rings. The van der Waals surface area contributed by atoms with Gasteiger partial charge >= 0.3 is 5.97 Å². The van der Waals surface area contributed by atoms with Crippen molar-refractivity contribution in [1.82, 2.24) is 15.1 Å². The molecule has 0 radical (unpaired) electrons. The Hall–Kier alpha value is -3.03. The van der Waals surface area contributed by atoms with Crippen LogP contribution in [0, 0.1) is 5.82 Å². The van der Waals surface area contributed by atoms with Crippen LogP contribution < -0.4 is 10.9 Å². The number of hydrogen-bond donors (Lipinski definition) is 1. The number of hydrogen-bond acceptors (Lipinski definition) is 5. The van der Waals surface area contributed by atoms with E-state index in [1.165, 1.54) is 50.4 Å². The summed E-state index contributed by atoms with van der Waals surface area (Å²) in [6.45, 7) is 1.12. The van der Waals surface area contributed by atoms with Gasteiger partial charge in [-0.15, -0.1) is 0 Å². The molecule has 8 heteroatoms. The highest BCUT2D eigenvalue weighted by atomic mass is 19.1. The number of benzene rings is 1. The number of carbonyl (C=O) groups is 2. The summed E-state index contributed by atoms with van der Waals surface area (Å²) in [5.41, 5.74) is 0.554. The van der Waals surface area contributed by atoms with Crippen molar-refractivity contribution in [1.29, 1.82) is 0 Å². The van der Waals surface area contributed by atoms with E-state index in [2.05, 4.69) is 15.2 Å². The largest absolute Gasteiger partial charge is 0.467 e. The van der Waals surface area contributed by atoms with Gasteiger partial charge in [-0.25, -0.2) is 13.9 Å². The number of halogens is 1. The molecular formula is C16H16FN3O4. The van der Waals surface area contributed by atoms with Gasteiger partial charge < -0.3 is 10.1 Å². The quantitative estimate of drug-likeness (QED) is 0.815. The molecule has 0 spiro atoms. The molecule has 0 aliphatic heterocycles. The molecule has 0 bridgehead atoms. The molecule has 0 unspecified atom stereocenters. The third-order valence-corrected chi connectivity index (χ3v) is 3.23. The fraction of sp³-hybridized carbons (Fsp3) is 0.250. The van der Waals surface area contributed by atoms with Crippen molar-refractivity contribution in [2.75, 3.05) is 7.11 Å². The maximum absolute atomic E-state index is 13.0. The van der Waals surface area contributed by atoms with Crippen LogP contribution in [0.3, 0.4) is 0 Å². The number of ether oxygens (including phenoxy) is 1. The van der Waals surface area contributed by atoms with Gasteiger partial charge in [-0.3, -0.25) is 9.59 Å². The van der Waals surface area contributed by atoms with Gasteiger partial charge in [0.25, 0.3) is 5.56 Å². The highest BCUT2D eigenvalue weighted by molar-refractivity contribution is 5.83. The summed E-state index contributed by atoms with van der Waals surface area (Å²) < 4.78 is 18.4. The fourth-order valence-electron chi connectivity index (χ4n) is 2.00. The van der Waals surface area contributed by atoms with E-state index >= 15 is 0 Å². The van der Waals surface area contributed by atoms with E-state index < -0.39 is 23.5 Å². The molecule has 2 rings (SSSR count). The number of methoxy groups -OCH3 is 1. The standard InChI is InChI=1S/C16H16FN3O4/c1-10(16(23)24-2)18-14(21)9-20-15(22)8-7-13(19-20)11-3-5-12(17)6-4-11/h3-8,10H,9H2,1-2H3,(H,18,21)/t10-/m1/s1. The van der Waals surface area contributed by atoms with E-state index in [1.54, 1.807) is 0 Å². The molecule has 1 aromatic heterocycles. The molecule has 0 saturated carbocycles. The summed E-state index contributed by atoms with van der Waals surface area (Å²) in [5.74, 6) is -1.54. The van der Waals surface area contributed by atoms with Gasteiger partial charge in [0.15, 0.2) is 0 Å². The van der Waals surface area contributed by atoms with Crippen LogP contribution in [0.25, 0.3) is 11.3 Å². The van der Waals surface area contributed by atoms with Gasteiger partial charge in [-0.1, -0.05) is 0 Å². The predicted molar refractivity (Wildman–Crippen MR) is 83.5 cm³/mol. The van der Waals surface area contributed by atoms with Crippen molar-refractivity contribution in [3.8, 4) is 11.3 Å². The number of carbonyl (C=O) groups excluding carboxylic acids is 2. The molecule has 7 nitrogen and oxygen atoms in total. The predicted octanol–water partition coefficient (Wildman–Crippen LogP) is 0.727. The van der Waals surface area contributed by atoms with E-state index in [4.69, 9.17) is 0 Å². The maximum atomic E-state index is 13.0. The van der Waals surface area contributed by atoms with Crippen molar-refractivity contribution in [3.05, 3.63) is 52.6 Å². The number of nitrogens with zero attached hydrogens (tertiary/aromatic N) is 2. The Kier molecular flexibility index (Phi) is 5.41. The van der Waals surface area contributed by atoms with Gasteiger partial charge in [-0.05, 0) is 37.3 Å². The zero-order valence-electron chi connectivity index (χ0n) is 13.2. The van der Waals surface area contributed by atoms with E-state index in [1.807, 2.05) is 0 Å². The molecule has 1 amide bonds. The van der Waals surface area contributed by atoms with Crippen molar-refractivity contribution in [3.63, 3.8) is 0 Å². The lowest BCUT2D eigenvalue weighted by Gasteiger charge is -2.12. The minimum absolute atomic E-state index is 0.352. The van der Waals surface area contributed by atoms with Crippen LogP contribution in [-0.2, 0) is 20.9 Å². The van der Waals surface area contributed by atoms with E-state index in [9.17, 15) is 18.8 Å². The van der Waals surface area contributed by atoms with Crippen molar-refractivity contribution in [2.45, 2.75) is 19.5 Å². The summed E-state index contributed by atoms with van der Waals surface area (Å²) in [6, 6.07) is 7.51. The normalized spacial score (nSPS) is 11.6. The maximum Gasteiger partial charge on any atom is 0.328 e. The van der Waals surface area contributed by atoms with Gasteiger partial charge in [0, 0.05) is 11.6 Å². The molecule has 1 aromatic carbocycles. The molecule has 0 saturated heterocycles. The molecule has 1 heterocycles. The third-order valence-electron chi connectivity index (χ3n) is 3.23. The van der Waals surface area contributed by atoms with Crippen molar-refractivity contribution in [2.24, 2.45) is 0 Å². The first-order valence-corrected chi connectivity index (χ1v) is 7.12. The smallest absolute Gasteiger partial charge is 0.328 e. The lowest BCUT2D eigenvalue weighted by Crippen LogP contribution is -2.42. The Balaban J connectivity index is 2.17. The number of esters is 1. The minimum Gasteiger partial charge on any atom is -0.467 e. The Morgan fingerprint density at radius 1 is 1.25 bits per heavy atom. The Bertz CT molecular complexity index is 802. The molecule has 0 aliphatic rings. The first-order valence-electron chi connectivity index (χ1n) is 7.12. The summed E-state index contributed by atoms with van der Waals surface area (Å²) in [7, 11) is 1.21. The van der Waals surface area contributed by atoms with Crippen LogP contribution in [0.5, 0.6) is 0 Å². The first-order chi connectivity index (χ1) is 11.4. The SMILES string of the molecule is COC(=O)[C@@H](C)NC(=O)Cn1nc(-c2ccc(F)cc2)ccc1=O. The molecule has 1 atom stereocenters. The highest BCUT2D eigenvalue weighted by Crippen LogP contribution is 2.15. The highest BCUT2D eigenvalue weighted by Gasteiger charge is 2.16. The van der Waals surface area contributed by atoms with Gasteiger partial charge in [-0.2, -0.15) is 5.10 Å². The van der Waals surface area contributed by atoms with Crippen LogP contribution in [-0.4, -0.2) is 34.8 Å². The zero-order valence-corrected chi connectivity index (χ0v) is 13.2. The average molecular weight is 333 g/mol. The Morgan fingerprint density at radius 3 is 2.54 bits per heavy atom. The van der Waals surface area contributed by atoms with Gasteiger partial charge in [0.1, 0.15) is 18.4 Å². The van der Waals surface area contributed by atoms with Gasteiger partial charge in [0.2, 0.25) is 5.91 Å². The molecule has 1 N–H and O–H groups in total. The fourth-order valence-corrected chi connectivity index (χ4v) is 2.00. The molecule has 0 aliphatic carbocycles. The van der Waals surface area contributed by atoms with E-state index in [0.29, 0.717) is 11.3 Å². The number of amides is 1. The van der Waals surface area contributed by atoms with Crippen LogP contribution in [0.1, 0.15) is 6.92 Å². The minimum atomic E-state index is -0.835. The first kappa shape index (κ1) is 17.3. The zero-order chi connectivity index (χ0) is 17.7. The van der Waals surface area contributed by atoms with E-state index in [0.717, 1.165) is 4.68 Å². The lowest BCUT2D eigenvalue weighted by molar-refractivity contribution is -0.144. The van der Waals surface area contributed by atoms with Crippen LogP contribution in [0.4, 0.5) is 4.39 Å². The summed E-state index contributed by atoms with van der Waals surface area (Å²) in [4.78, 5) is 35.0. The topological polar surface area (TPSA) is 90.3 Å². The second-order valence-electron chi connectivity index (χ2n) is 5.03. The molecule has 126 valence electrons.